The predicted molar refractivity (Wildman–Crippen MR) is 184 cm³/mol. The number of nitrogens with one attached hydrogen (secondary N) is 1. The Hall–Kier alpha value is -3.32. The lowest BCUT2D eigenvalue weighted by atomic mass is 9.81. The fourth-order valence-corrected chi connectivity index (χ4v) is 6.15. The molecule has 280 valence electrons. The summed E-state index contributed by atoms with van der Waals surface area (Å²) >= 11 is 0. The van der Waals surface area contributed by atoms with Crippen LogP contribution in [-0.2, 0) is 38.2 Å². The average Bonchev–Trinajstić information content (AvgIpc) is 3.87. The van der Waals surface area contributed by atoms with Crippen LogP contribution in [0.4, 0.5) is 0 Å². The zero-order valence-corrected chi connectivity index (χ0v) is 30.0. The van der Waals surface area contributed by atoms with Crippen LogP contribution in [0.1, 0.15) is 106 Å². The number of hydrogen-bond donors (Lipinski definition) is 3. The first-order chi connectivity index (χ1) is 24.4. The molecule has 2 aliphatic carbocycles. The highest BCUT2D eigenvalue weighted by Crippen LogP contribution is 2.43. The molecule has 13 heteroatoms. The van der Waals surface area contributed by atoms with E-state index in [1.165, 1.54) is 26.7 Å². The second kappa shape index (κ2) is 23.9. The van der Waals surface area contributed by atoms with Gasteiger partial charge in [-0.2, -0.15) is 0 Å². The van der Waals surface area contributed by atoms with E-state index in [1.807, 2.05) is 4.90 Å². The second-order valence-corrected chi connectivity index (χ2v) is 12.9. The summed E-state index contributed by atoms with van der Waals surface area (Å²) in [6, 6.07) is 0. The molecule has 2 saturated heterocycles. The normalized spacial score (nSPS) is 21.9. The van der Waals surface area contributed by atoms with Crippen LogP contribution in [0.5, 0.6) is 0 Å². The topological polar surface area (TPSA) is 180 Å². The molecule has 3 fully saturated rings. The summed E-state index contributed by atoms with van der Waals surface area (Å²) in [5.41, 5.74) is -0.470. The van der Waals surface area contributed by atoms with Crippen LogP contribution in [0.2, 0.25) is 0 Å². The number of esters is 3. The van der Waals surface area contributed by atoms with Gasteiger partial charge in [-0.1, -0.05) is 46.2 Å². The van der Waals surface area contributed by atoms with E-state index in [2.05, 4.69) is 53.0 Å². The lowest BCUT2D eigenvalue weighted by Gasteiger charge is -2.39. The first-order valence-corrected chi connectivity index (χ1v) is 17.7. The monoisotopic (exact) mass is 699 g/mol. The number of carbonyl (C=O) groups is 6. The predicted octanol–water partition coefficient (Wildman–Crippen LogP) is 3.72. The molecule has 3 atom stereocenters. The minimum absolute atomic E-state index is 0.0985. The van der Waals surface area contributed by atoms with Gasteiger partial charge < -0.3 is 34.8 Å². The molecule has 49 heavy (non-hydrogen) atoms. The van der Waals surface area contributed by atoms with Crippen LogP contribution in [0, 0.1) is 23.2 Å². The molecule has 4 rings (SSSR count). The number of aliphatic hydroxyl groups excluding tert-OH is 1. The number of piperidine rings is 1. The Morgan fingerprint density at radius 1 is 1.00 bits per heavy atom. The highest BCUT2D eigenvalue weighted by atomic mass is 16.6. The molecule has 2 amide bonds. The zero-order valence-electron chi connectivity index (χ0n) is 32.0. The summed E-state index contributed by atoms with van der Waals surface area (Å²) < 4.78 is 22.9. The van der Waals surface area contributed by atoms with E-state index in [0.29, 0.717) is 50.7 Å². The number of unbranched alkanes of at least 4 members (excludes halogenated alkanes) is 2. The molecule has 3 N–H and O–H groups in total. The summed E-state index contributed by atoms with van der Waals surface area (Å²) in [7, 11) is 1.29. The second-order valence-electron chi connectivity index (χ2n) is 12.9. The fourth-order valence-electron chi connectivity index (χ4n) is 6.15. The van der Waals surface area contributed by atoms with Gasteiger partial charge in [0, 0.05) is 45.9 Å². The van der Waals surface area contributed by atoms with Crippen LogP contribution in [-0.4, -0.2) is 110 Å². The minimum atomic E-state index is -1.04. The van der Waals surface area contributed by atoms with Crippen molar-refractivity contribution in [1.29, 1.82) is 1.43 Å². The summed E-state index contributed by atoms with van der Waals surface area (Å²) in [4.78, 5) is 71.4. The summed E-state index contributed by atoms with van der Waals surface area (Å²) in [5.74, 6) is -0.970. The average molecular weight is 700 g/mol. The number of carboxylic acid groups (broad SMARTS) is 1. The maximum atomic E-state index is 12.6. The van der Waals surface area contributed by atoms with Crippen LogP contribution in [0.15, 0.2) is 12.2 Å². The molecule has 2 bridgehead atoms. The van der Waals surface area contributed by atoms with Crippen molar-refractivity contribution in [2.24, 2.45) is 23.2 Å². The van der Waals surface area contributed by atoms with E-state index in [9.17, 15) is 28.8 Å². The van der Waals surface area contributed by atoms with Crippen LogP contribution in [0.3, 0.4) is 0 Å². The van der Waals surface area contributed by atoms with Crippen molar-refractivity contribution in [2.45, 2.75) is 105 Å². The number of aliphatic hydroxyl groups is 1. The molecule has 0 radical (unpaired) electrons. The lowest BCUT2D eigenvalue weighted by Crippen LogP contribution is -2.44. The largest absolute Gasteiger partial charge is 0.481 e. The Labute approximate surface area is 295 Å². The molecule has 4 aliphatic rings. The molecular formula is C36H61N3O10. The first kappa shape index (κ1) is 40.1. The molecule has 3 unspecified atom stereocenters. The molecule has 13 nitrogen and oxygen atoms in total. The van der Waals surface area contributed by atoms with Crippen molar-refractivity contribution < 1.29 is 49.8 Å². The van der Waals surface area contributed by atoms with Gasteiger partial charge in [-0.15, -0.1) is 0 Å². The van der Waals surface area contributed by atoms with Crippen molar-refractivity contribution in [2.75, 3.05) is 53.0 Å². The summed E-state index contributed by atoms with van der Waals surface area (Å²) in [6.45, 7) is 12.1. The summed E-state index contributed by atoms with van der Waals surface area (Å²) in [5, 5.41) is 15.2. The Bertz CT molecular complexity index is 1110. The molecule has 1 saturated carbocycles. The molecule has 0 aromatic rings. The van der Waals surface area contributed by atoms with Gasteiger partial charge in [-0.3, -0.25) is 28.8 Å². The SMILES string of the molecule is CCN(CC)CC.O=C1CCC(=O)O1.[3H]CC1(COC(=O)CCC(=O)O)CCN(C(=O)CCCCCNC(=O)C2CC3C=CC2C3)CC1.[3H]OC. The third-order valence-corrected chi connectivity index (χ3v) is 9.34. The Morgan fingerprint density at radius 3 is 2.08 bits per heavy atom. The van der Waals surface area contributed by atoms with Crippen LogP contribution < -0.4 is 5.32 Å². The van der Waals surface area contributed by atoms with E-state index >= 15 is 0 Å². The van der Waals surface area contributed by atoms with Gasteiger partial charge in [0.2, 0.25) is 13.2 Å². The lowest BCUT2D eigenvalue weighted by molar-refractivity contribution is -0.152. The number of carboxylic acids is 1. The quantitative estimate of drug-likeness (QED) is 0.0982. The number of amides is 2. The highest BCUT2D eigenvalue weighted by Gasteiger charge is 2.39. The van der Waals surface area contributed by atoms with E-state index in [-0.39, 0.29) is 56.9 Å². The Morgan fingerprint density at radius 2 is 1.63 bits per heavy atom. The number of aliphatic carboxylic acids is 1. The van der Waals surface area contributed by atoms with Crippen molar-refractivity contribution in [1.82, 2.24) is 15.1 Å². The Balaban J connectivity index is 0.000000626. The van der Waals surface area contributed by atoms with Gasteiger partial charge in [-0.25, -0.2) is 0 Å². The van der Waals surface area contributed by atoms with E-state index in [1.54, 1.807) is 0 Å². The van der Waals surface area contributed by atoms with Crippen LogP contribution in [0.25, 0.3) is 0 Å². The van der Waals surface area contributed by atoms with Gasteiger partial charge in [0.25, 0.3) is 0 Å². The zero-order chi connectivity index (χ0) is 38.2. The number of allylic oxidation sites excluding steroid dienone is 2. The van der Waals surface area contributed by atoms with Gasteiger partial charge in [0.05, 0.1) is 32.3 Å². The van der Waals surface area contributed by atoms with Gasteiger partial charge in [0.1, 0.15) is 0 Å². The van der Waals surface area contributed by atoms with Crippen molar-refractivity contribution in [3.63, 3.8) is 0 Å². The molecule has 0 spiro atoms. The molecular weight excluding hydrogens is 634 g/mol. The summed E-state index contributed by atoms with van der Waals surface area (Å²) in [6.07, 6.45) is 10.8. The van der Waals surface area contributed by atoms with E-state index in [0.717, 1.165) is 32.1 Å². The molecule has 0 aromatic carbocycles. The maximum Gasteiger partial charge on any atom is 0.314 e. The van der Waals surface area contributed by atoms with Crippen molar-refractivity contribution in [3.8, 4) is 0 Å². The third-order valence-electron chi connectivity index (χ3n) is 9.34. The number of ether oxygens (including phenoxy) is 2. The van der Waals surface area contributed by atoms with Gasteiger partial charge >= 0.3 is 23.9 Å². The number of hydrogen-bond acceptors (Lipinski definition) is 10. The van der Waals surface area contributed by atoms with Crippen molar-refractivity contribution >= 4 is 35.7 Å². The Kier molecular flexibility index (Phi) is 19.6. The number of carbonyl (C=O) groups excluding carboxylic acids is 5. The third kappa shape index (κ3) is 17.3. The standard InChI is InChI=1S/C25H38N2O6.C6H15N.C4H4O3.CH4O/c1-25(17-33-23(31)9-8-22(29)30)10-13-27(14-11-25)21(28)5-3-2-4-12-26-24(32)20-16-18-6-7-19(20)15-18;1-4-7(5-2)6-3;5-3-1-2-4(6)7-3;1-2/h6-7,18-20H,2-5,8-17H2,1H3,(H,26,32)(H,29,30);4-6H2,1-3H3;1-2H2;2H,1H3/i1T;;;2T. The smallest absolute Gasteiger partial charge is 0.314 e. The number of likely N-dealkylation sites (tertiary alicyclic amines) is 1. The minimum Gasteiger partial charge on any atom is -0.481 e. The van der Waals surface area contributed by atoms with Gasteiger partial charge in [0.15, 0.2) is 0 Å². The first-order valence-electron chi connectivity index (χ1n) is 18.8. The number of fused-ring (bicyclic) bond motifs is 2. The van der Waals surface area contributed by atoms with Gasteiger partial charge in [-0.05, 0) is 70.0 Å². The van der Waals surface area contributed by atoms with E-state index in [4.69, 9.17) is 12.6 Å². The molecule has 2 heterocycles. The van der Waals surface area contributed by atoms with E-state index < -0.39 is 29.3 Å². The number of nitrogens with zero attached hydrogens (tertiary/aromatic N) is 2. The number of rotatable bonds is 15. The van der Waals surface area contributed by atoms with Crippen LogP contribution >= 0.6 is 0 Å². The van der Waals surface area contributed by atoms with Crippen molar-refractivity contribution in [3.05, 3.63) is 12.2 Å². The maximum absolute atomic E-state index is 12.6. The number of cyclic esters (lactones) is 2. The fraction of sp³-hybridized carbons (Fsp3) is 0.778. The molecule has 0 aromatic heterocycles. The highest BCUT2D eigenvalue weighted by molar-refractivity contribution is 5.92. The molecule has 2 aliphatic heterocycles.